The number of aryl methyl sites for hydroxylation is 2. The van der Waals surface area contributed by atoms with Crippen LogP contribution in [0.25, 0.3) is 10.2 Å². The topological polar surface area (TPSA) is 80.5 Å². The van der Waals surface area contributed by atoms with Crippen LogP contribution in [0.5, 0.6) is 0 Å². The minimum atomic E-state index is -3.43. The van der Waals surface area contributed by atoms with Gasteiger partial charge < -0.3 is 4.42 Å². The van der Waals surface area contributed by atoms with Crippen LogP contribution in [0.2, 0.25) is 0 Å². The van der Waals surface area contributed by atoms with Crippen LogP contribution in [-0.4, -0.2) is 25.1 Å². The molecule has 2 heterocycles. The monoisotopic (exact) mass is 468 g/mol. The van der Waals surface area contributed by atoms with Gasteiger partial charge in [0.05, 0.1) is 34.5 Å². The number of benzene rings is 2. The Bertz CT molecular complexity index is 1290. The van der Waals surface area contributed by atoms with Gasteiger partial charge in [-0.1, -0.05) is 41.7 Å². The van der Waals surface area contributed by atoms with Crippen molar-refractivity contribution in [2.45, 2.75) is 32.6 Å². The van der Waals surface area contributed by atoms with Crippen LogP contribution in [0.4, 0.5) is 5.13 Å². The van der Waals surface area contributed by atoms with E-state index in [1.54, 1.807) is 42.7 Å². The minimum absolute atomic E-state index is 0.0843. The van der Waals surface area contributed by atoms with Crippen molar-refractivity contribution in [2.24, 2.45) is 0 Å². The van der Waals surface area contributed by atoms with Gasteiger partial charge >= 0.3 is 0 Å². The highest BCUT2D eigenvalue weighted by atomic mass is 32.2. The Kier molecular flexibility index (Phi) is 6.43. The summed E-state index contributed by atoms with van der Waals surface area (Å²) >= 11 is 1.42. The van der Waals surface area contributed by atoms with E-state index in [0.717, 1.165) is 21.3 Å². The van der Waals surface area contributed by atoms with Gasteiger partial charge in [0, 0.05) is 6.42 Å². The lowest BCUT2D eigenvalue weighted by Gasteiger charge is -2.18. The number of nitrogens with zero attached hydrogens (tertiary/aromatic N) is 2. The Balaban J connectivity index is 1.55. The average Bonchev–Trinajstić information content (AvgIpc) is 3.41. The van der Waals surface area contributed by atoms with Gasteiger partial charge in [0.2, 0.25) is 5.91 Å². The Morgan fingerprint density at radius 2 is 1.81 bits per heavy atom. The predicted molar refractivity (Wildman–Crippen MR) is 128 cm³/mol. The van der Waals surface area contributed by atoms with Gasteiger partial charge in [-0.15, -0.1) is 0 Å². The molecule has 0 atom stereocenters. The van der Waals surface area contributed by atoms with Crippen molar-refractivity contribution in [1.82, 2.24) is 4.98 Å². The Labute approximate surface area is 191 Å². The summed E-state index contributed by atoms with van der Waals surface area (Å²) in [4.78, 5) is 19.3. The summed E-state index contributed by atoms with van der Waals surface area (Å²) in [6.07, 6.45) is 1.43. The summed E-state index contributed by atoms with van der Waals surface area (Å²) in [6.45, 7) is 4.26. The van der Waals surface area contributed by atoms with Crippen molar-refractivity contribution in [3.05, 3.63) is 83.3 Å². The first-order valence-electron chi connectivity index (χ1n) is 10.3. The van der Waals surface area contributed by atoms with Crippen molar-refractivity contribution in [1.29, 1.82) is 0 Å². The molecule has 4 aromatic rings. The minimum Gasteiger partial charge on any atom is -0.467 e. The molecule has 0 fully saturated rings. The van der Waals surface area contributed by atoms with Crippen molar-refractivity contribution in [3.8, 4) is 0 Å². The molecule has 0 aliphatic rings. The Morgan fingerprint density at radius 1 is 1.06 bits per heavy atom. The number of rotatable bonds is 8. The fourth-order valence-corrected chi connectivity index (χ4v) is 5.77. The summed E-state index contributed by atoms with van der Waals surface area (Å²) in [5.74, 6) is -0.0000404. The largest absolute Gasteiger partial charge is 0.467 e. The summed E-state index contributed by atoms with van der Waals surface area (Å²) < 4.78 is 31.6. The van der Waals surface area contributed by atoms with E-state index in [2.05, 4.69) is 11.1 Å². The molecule has 6 nitrogen and oxygen atoms in total. The molecule has 0 aliphatic carbocycles. The van der Waals surface area contributed by atoms with E-state index in [9.17, 15) is 13.2 Å². The van der Waals surface area contributed by atoms with E-state index in [0.29, 0.717) is 16.5 Å². The van der Waals surface area contributed by atoms with Gasteiger partial charge in [-0.25, -0.2) is 13.4 Å². The standard InChI is InChI=1S/C24H24N2O4S2/c1-17-13-21-22(14-18(17)2)31-24(25-21)26(15-20-9-6-11-30-20)23(27)10-12-32(28,29)16-19-7-4-3-5-8-19/h3-9,11,13-14H,10,12,15-16H2,1-2H3. The van der Waals surface area contributed by atoms with Crippen molar-refractivity contribution in [3.63, 3.8) is 0 Å². The molecule has 0 unspecified atom stereocenters. The summed E-state index contributed by atoms with van der Waals surface area (Å²) in [5, 5.41) is 0.534. The number of carbonyl (C=O) groups is 1. The highest BCUT2D eigenvalue weighted by Gasteiger charge is 2.24. The molecule has 0 bridgehead atoms. The quantitative estimate of drug-likeness (QED) is 0.362. The molecular weight excluding hydrogens is 444 g/mol. The highest BCUT2D eigenvalue weighted by Crippen LogP contribution is 2.32. The summed E-state index contributed by atoms with van der Waals surface area (Å²) in [5.41, 5.74) is 3.82. The Morgan fingerprint density at radius 3 is 2.53 bits per heavy atom. The highest BCUT2D eigenvalue weighted by molar-refractivity contribution is 7.90. The number of aromatic nitrogens is 1. The molecule has 0 saturated heterocycles. The third-order valence-corrected chi connectivity index (χ3v) is 7.92. The van der Waals surface area contributed by atoms with E-state index < -0.39 is 9.84 Å². The number of hydrogen-bond acceptors (Lipinski definition) is 6. The zero-order valence-electron chi connectivity index (χ0n) is 17.9. The fourth-order valence-electron chi connectivity index (χ4n) is 3.38. The molecule has 2 aromatic heterocycles. The van der Waals surface area contributed by atoms with Crippen LogP contribution in [0.1, 0.15) is 28.9 Å². The van der Waals surface area contributed by atoms with Crippen LogP contribution in [0.15, 0.2) is 65.3 Å². The second-order valence-corrected chi connectivity index (χ2v) is 11.0. The molecule has 4 rings (SSSR count). The second kappa shape index (κ2) is 9.26. The molecule has 0 N–H and O–H groups in total. The lowest BCUT2D eigenvalue weighted by Crippen LogP contribution is -2.31. The van der Waals surface area contributed by atoms with E-state index in [1.807, 2.05) is 26.0 Å². The van der Waals surface area contributed by atoms with E-state index in [4.69, 9.17) is 4.42 Å². The molecule has 2 aromatic carbocycles. The maximum atomic E-state index is 13.2. The zero-order chi connectivity index (χ0) is 22.7. The third kappa shape index (κ3) is 5.26. The maximum absolute atomic E-state index is 13.2. The van der Waals surface area contributed by atoms with Crippen LogP contribution in [0, 0.1) is 13.8 Å². The van der Waals surface area contributed by atoms with Gasteiger partial charge in [-0.2, -0.15) is 0 Å². The average molecular weight is 469 g/mol. The Hall–Kier alpha value is -2.97. The number of anilines is 1. The van der Waals surface area contributed by atoms with Crippen LogP contribution in [0.3, 0.4) is 0 Å². The smallest absolute Gasteiger partial charge is 0.230 e. The van der Waals surface area contributed by atoms with Gasteiger partial charge in [0.15, 0.2) is 15.0 Å². The third-order valence-electron chi connectivity index (χ3n) is 5.27. The number of furan rings is 1. The first-order chi connectivity index (χ1) is 15.3. The summed E-state index contributed by atoms with van der Waals surface area (Å²) in [7, 11) is -3.43. The molecule has 166 valence electrons. The van der Waals surface area contributed by atoms with Crippen molar-refractivity contribution >= 4 is 42.4 Å². The van der Waals surface area contributed by atoms with Gasteiger partial charge in [0.1, 0.15) is 5.76 Å². The van der Waals surface area contributed by atoms with Gasteiger partial charge in [0.25, 0.3) is 0 Å². The normalized spacial score (nSPS) is 11.7. The van der Waals surface area contributed by atoms with E-state index >= 15 is 0 Å². The lowest BCUT2D eigenvalue weighted by atomic mass is 10.1. The first kappa shape index (κ1) is 22.2. The molecule has 0 aliphatic heterocycles. The molecule has 0 radical (unpaired) electrons. The van der Waals surface area contributed by atoms with E-state index in [-0.39, 0.29) is 30.4 Å². The van der Waals surface area contributed by atoms with Crippen LogP contribution < -0.4 is 4.90 Å². The maximum Gasteiger partial charge on any atom is 0.230 e. The molecule has 1 amide bonds. The first-order valence-corrected chi connectivity index (χ1v) is 12.9. The molecule has 0 spiro atoms. The van der Waals surface area contributed by atoms with Gasteiger partial charge in [-0.3, -0.25) is 9.69 Å². The molecule has 0 saturated carbocycles. The number of amides is 1. The number of sulfone groups is 1. The second-order valence-electron chi connectivity index (χ2n) is 7.79. The van der Waals surface area contributed by atoms with Crippen LogP contribution >= 0.6 is 11.3 Å². The summed E-state index contributed by atoms with van der Waals surface area (Å²) in [6, 6.07) is 16.6. The number of hydrogen-bond donors (Lipinski definition) is 0. The zero-order valence-corrected chi connectivity index (χ0v) is 19.6. The van der Waals surface area contributed by atoms with Crippen molar-refractivity contribution in [2.75, 3.05) is 10.7 Å². The number of carbonyl (C=O) groups excluding carboxylic acids is 1. The fraction of sp³-hybridized carbons (Fsp3) is 0.250. The SMILES string of the molecule is Cc1cc2nc(N(Cc3ccco3)C(=O)CCS(=O)(=O)Cc3ccccc3)sc2cc1C. The molecular formula is C24H24N2O4S2. The van der Waals surface area contributed by atoms with Gasteiger partial charge in [-0.05, 0) is 54.8 Å². The van der Waals surface area contributed by atoms with Crippen molar-refractivity contribution < 1.29 is 17.6 Å². The predicted octanol–water partition coefficient (Wildman–Crippen LogP) is 5.04. The lowest BCUT2D eigenvalue weighted by molar-refractivity contribution is -0.118. The van der Waals surface area contributed by atoms with E-state index in [1.165, 1.54) is 16.2 Å². The number of thiazole rings is 1. The number of fused-ring (bicyclic) bond motifs is 1. The molecule has 8 heteroatoms. The molecule has 32 heavy (non-hydrogen) atoms. The van der Waals surface area contributed by atoms with Crippen LogP contribution in [-0.2, 0) is 26.9 Å².